The summed E-state index contributed by atoms with van der Waals surface area (Å²) >= 11 is 0. The number of carbonyl (C=O) groups excluding carboxylic acids is 1. The predicted octanol–water partition coefficient (Wildman–Crippen LogP) is 0.962. The van der Waals surface area contributed by atoms with Gasteiger partial charge in [0.15, 0.2) is 5.71 Å². The largest absolute Gasteiger partial charge is 0.461 e. The zero-order valence-corrected chi connectivity index (χ0v) is 7.54. The first-order chi connectivity index (χ1) is 6.33. The van der Waals surface area contributed by atoms with Gasteiger partial charge in [0, 0.05) is 5.57 Å². The lowest BCUT2D eigenvalue weighted by Crippen LogP contribution is -2.17. The van der Waals surface area contributed by atoms with E-state index in [1.807, 2.05) is 0 Å². The maximum absolute atomic E-state index is 11.3. The van der Waals surface area contributed by atoms with E-state index in [1.54, 1.807) is 6.92 Å². The van der Waals surface area contributed by atoms with E-state index in [9.17, 15) is 4.79 Å². The Hall–Kier alpha value is -1.32. The van der Waals surface area contributed by atoms with Crippen LogP contribution < -0.4 is 5.43 Å². The van der Waals surface area contributed by atoms with Gasteiger partial charge in [-0.25, -0.2) is 4.79 Å². The van der Waals surface area contributed by atoms with Crippen LogP contribution in [0.2, 0.25) is 0 Å². The van der Waals surface area contributed by atoms with Crippen LogP contribution in [-0.2, 0) is 9.53 Å². The van der Waals surface area contributed by atoms with Crippen molar-refractivity contribution in [1.82, 2.24) is 5.43 Å². The number of ether oxygens (including phenoxy) is 1. The quantitative estimate of drug-likeness (QED) is 0.593. The Morgan fingerprint density at radius 1 is 1.54 bits per heavy atom. The second-order valence-corrected chi connectivity index (χ2v) is 3.05. The molecule has 0 unspecified atom stereocenters. The van der Waals surface area contributed by atoms with E-state index in [0.29, 0.717) is 12.3 Å². The van der Waals surface area contributed by atoms with Crippen molar-refractivity contribution in [2.75, 3.05) is 6.61 Å². The SMILES string of the molecule is CCOC(=O)C1=N[N]C2=C1CCC2. The molecule has 0 saturated carbocycles. The van der Waals surface area contributed by atoms with Crippen LogP contribution in [0, 0.1) is 0 Å². The minimum Gasteiger partial charge on any atom is -0.461 e. The number of nitrogens with zero attached hydrogens (tertiary/aromatic N) is 2. The molecule has 0 atom stereocenters. The van der Waals surface area contributed by atoms with E-state index < -0.39 is 0 Å². The smallest absolute Gasteiger partial charge is 0.359 e. The van der Waals surface area contributed by atoms with Gasteiger partial charge in [-0.05, 0) is 26.2 Å². The fourth-order valence-corrected chi connectivity index (χ4v) is 1.63. The number of hydrogen-bond acceptors (Lipinski definition) is 3. The first-order valence-electron chi connectivity index (χ1n) is 4.51. The molecule has 4 heteroatoms. The minimum absolute atomic E-state index is 0.335. The summed E-state index contributed by atoms with van der Waals surface area (Å²) < 4.78 is 4.87. The van der Waals surface area contributed by atoms with E-state index in [1.165, 1.54) is 0 Å². The van der Waals surface area contributed by atoms with Crippen molar-refractivity contribution in [2.24, 2.45) is 5.10 Å². The normalized spacial score (nSPS) is 19.6. The lowest BCUT2D eigenvalue weighted by molar-refractivity contribution is -0.134. The summed E-state index contributed by atoms with van der Waals surface area (Å²) in [6.07, 6.45) is 2.94. The summed E-state index contributed by atoms with van der Waals surface area (Å²) in [5.74, 6) is -0.335. The maximum atomic E-state index is 11.3. The van der Waals surface area contributed by atoms with Gasteiger partial charge in [0.2, 0.25) is 0 Å². The van der Waals surface area contributed by atoms with Gasteiger partial charge in [-0.2, -0.15) is 5.43 Å². The van der Waals surface area contributed by atoms with Crippen LogP contribution in [0.25, 0.3) is 0 Å². The molecule has 1 radical (unpaired) electrons. The first kappa shape index (κ1) is 8.29. The molecule has 4 nitrogen and oxygen atoms in total. The molecule has 0 spiro atoms. The van der Waals surface area contributed by atoms with Gasteiger partial charge >= 0.3 is 5.97 Å². The molecule has 0 aromatic carbocycles. The van der Waals surface area contributed by atoms with Crippen LogP contribution in [0.3, 0.4) is 0 Å². The Morgan fingerprint density at radius 3 is 3.15 bits per heavy atom. The van der Waals surface area contributed by atoms with Gasteiger partial charge in [-0.3, -0.25) is 0 Å². The topological polar surface area (TPSA) is 52.8 Å². The maximum Gasteiger partial charge on any atom is 0.359 e. The Balaban J connectivity index is 2.13. The molecule has 0 saturated heterocycles. The van der Waals surface area contributed by atoms with Crippen LogP contribution in [0.4, 0.5) is 0 Å². The highest BCUT2D eigenvalue weighted by atomic mass is 16.5. The summed E-state index contributed by atoms with van der Waals surface area (Å²) in [6.45, 7) is 2.18. The third-order valence-corrected chi connectivity index (χ3v) is 2.21. The van der Waals surface area contributed by atoms with E-state index in [0.717, 1.165) is 30.5 Å². The molecule has 13 heavy (non-hydrogen) atoms. The van der Waals surface area contributed by atoms with E-state index >= 15 is 0 Å². The Bertz CT molecular complexity index is 305. The molecular formula is C9H11N2O2. The Labute approximate surface area is 76.6 Å². The van der Waals surface area contributed by atoms with Gasteiger partial charge in [0.1, 0.15) is 0 Å². The van der Waals surface area contributed by atoms with Gasteiger partial charge < -0.3 is 4.74 Å². The molecule has 2 aliphatic rings. The van der Waals surface area contributed by atoms with Gasteiger partial charge in [-0.1, -0.05) is 0 Å². The number of esters is 1. The van der Waals surface area contributed by atoms with Crippen LogP contribution in [0.15, 0.2) is 16.4 Å². The third-order valence-electron chi connectivity index (χ3n) is 2.21. The molecule has 0 N–H and O–H groups in total. The van der Waals surface area contributed by atoms with Crippen molar-refractivity contribution in [1.29, 1.82) is 0 Å². The number of hydrogen-bond donors (Lipinski definition) is 0. The summed E-state index contributed by atoms with van der Waals surface area (Å²) in [6, 6.07) is 0. The number of carbonyl (C=O) groups is 1. The molecule has 1 heterocycles. The molecule has 0 amide bonds. The molecule has 0 aromatic rings. The molecule has 2 rings (SSSR count). The lowest BCUT2D eigenvalue weighted by Gasteiger charge is -2.01. The van der Waals surface area contributed by atoms with E-state index in [2.05, 4.69) is 10.5 Å². The molecule has 1 aliphatic heterocycles. The zero-order valence-electron chi connectivity index (χ0n) is 7.54. The second kappa shape index (κ2) is 3.20. The van der Waals surface area contributed by atoms with Gasteiger partial charge in [-0.15, -0.1) is 5.10 Å². The minimum atomic E-state index is -0.335. The van der Waals surface area contributed by atoms with E-state index in [4.69, 9.17) is 4.74 Å². The molecular weight excluding hydrogens is 168 g/mol. The number of rotatable bonds is 2. The van der Waals surface area contributed by atoms with Gasteiger partial charge in [0.25, 0.3) is 0 Å². The summed E-state index contributed by atoms with van der Waals surface area (Å²) in [7, 11) is 0. The van der Waals surface area contributed by atoms with Crippen LogP contribution in [0.5, 0.6) is 0 Å². The van der Waals surface area contributed by atoms with Crippen molar-refractivity contribution in [3.63, 3.8) is 0 Å². The first-order valence-corrected chi connectivity index (χ1v) is 4.51. The highest BCUT2D eigenvalue weighted by Crippen LogP contribution is 2.29. The van der Waals surface area contributed by atoms with Crippen LogP contribution in [0.1, 0.15) is 26.2 Å². The predicted molar refractivity (Wildman–Crippen MR) is 47.1 cm³/mol. The molecule has 0 bridgehead atoms. The number of allylic oxidation sites excluding steroid dienone is 1. The summed E-state index contributed by atoms with van der Waals surface area (Å²) in [5.41, 5.74) is 6.35. The Kier molecular flexibility index (Phi) is 2.04. The Morgan fingerprint density at radius 2 is 2.38 bits per heavy atom. The molecule has 1 aliphatic carbocycles. The zero-order chi connectivity index (χ0) is 9.26. The van der Waals surface area contributed by atoms with Crippen molar-refractivity contribution in [2.45, 2.75) is 26.2 Å². The average molecular weight is 179 g/mol. The van der Waals surface area contributed by atoms with Crippen LogP contribution in [-0.4, -0.2) is 18.3 Å². The fourth-order valence-electron chi connectivity index (χ4n) is 1.63. The molecule has 0 aromatic heterocycles. The van der Waals surface area contributed by atoms with Crippen molar-refractivity contribution in [3.05, 3.63) is 11.3 Å². The van der Waals surface area contributed by atoms with Crippen molar-refractivity contribution >= 4 is 11.7 Å². The summed E-state index contributed by atoms with van der Waals surface area (Å²) in [4.78, 5) is 11.3. The average Bonchev–Trinajstić information content (AvgIpc) is 2.62. The van der Waals surface area contributed by atoms with Gasteiger partial charge in [0.05, 0.1) is 12.3 Å². The third kappa shape index (κ3) is 1.32. The highest BCUT2D eigenvalue weighted by molar-refractivity contribution is 6.44. The highest BCUT2D eigenvalue weighted by Gasteiger charge is 2.30. The van der Waals surface area contributed by atoms with E-state index in [-0.39, 0.29) is 5.97 Å². The van der Waals surface area contributed by atoms with Crippen LogP contribution >= 0.6 is 0 Å². The van der Waals surface area contributed by atoms with Crippen molar-refractivity contribution < 1.29 is 9.53 Å². The molecule has 0 fully saturated rings. The monoisotopic (exact) mass is 179 g/mol. The second-order valence-electron chi connectivity index (χ2n) is 3.05. The summed E-state index contributed by atoms with van der Waals surface area (Å²) in [5, 5.41) is 3.83. The fraction of sp³-hybridized carbons (Fsp3) is 0.556. The molecule has 69 valence electrons. The van der Waals surface area contributed by atoms with Crippen molar-refractivity contribution in [3.8, 4) is 0 Å². The lowest BCUT2D eigenvalue weighted by atomic mass is 10.1. The standard InChI is InChI=1S/C9H11N2O2/c1-2-13-9(12)8-6-4-3-5-7(6)10-11-8/h2-5H2,1H3.